The number of nitrogens with one attached hydrogen (secondary N) is 1. The summed E-state index contributed by atoms with van der Waals surface area (Å²) in [4.78, 5) is 37.1. The summed E-state index contributed by atoms with van der Waals surface area (Å²) in [6, 6.07) is 11.5. The van der Waals surface area contributed by atoms with Crippen molar-refractivity contribution >= 4 is 11.7 Å². The molecule has 1 aliphatic rings. The van der Waals surface area contributed by atoms with Gasteiger partial charge in [0, 0.05) is 31.8 Å². The summed E-state index contributed by atoms with van der Waals surface area (Å²) in [7, 11) is 1.49. The van der Waals surface area contributed by atoms with Gasteiger partial charge in [0.2, 0.25) is 0 Å². The van der Waals surface area contributed by atoms with E-state index in [1.165, 1.54) is 23.2 Å². The molecule has 0 bridgehead atoms. The third-order valence-corrected chi connectivity index (χ3v) is 4.76. The number of amides is 1. The highest BCUT2D eigenvalue weighted by Crippen LogP contribution is 2.33. The lowest BCUT2D eigenvalue weighted by Gasteiger charge is -2.11. The summed E-state index contributed by atoms with van der Waals surface area (Å²) in [6.07, 6.45) is 5.88. The van der Waals surface area contributed by atoms with Gasteiger partial charge in [-0.3, -0.25) is 14.4 Å². The zero-order chi connectivity index (χ0) is 18.5. The number of pyridine rings is 1. The Balaban J connectivity index is 1.80. The van der Waals surface area contributed by atoms with Crippen molar-refractivity contribution in [3.63, 3.8) is 0 Å². The molecule has 0 atom stereocenters. The Hall–Kier alpha value is -2.69. The van der Waals surface area contributed by atoms with Crippen LogP contribution in [0.4, 0.5) is 0 Å². The number of carbonyl (C=O) groups is 2. The van der Waals surface area contributed by atoms with E-state index < -0.39 is 5.91 Å². The lowest BCUT2D eigenvalue weighted by atomic mass is 10.0. The van der Waals surface area contributed by atoms with E-state index in [1.54, 1.807) is 6.20 Å². The second-order valence-corrected chi connectivity index (χ2v) is 6.88. The van der Waals surface area contributed by atoms with Crippen LogP contribution in [0.5, 0.6) is 0 Å². The van der Waals surface area contributed by atoms with E-state index in [-0.39, 0.29) is 16.9 Å². The van der Waals surface area contributed by atoms with E-state index in [2.05, 4.69) is 5.32 Å². The van der Waals surface area contributed by atoms with E-state index >= 15 is 0 Å². The predicted octanol–water partition coefficient (Wildman–Crippen LogP) is 2.82. The fraction of sp³-hybridized carbons (Fsp3) is 0.381. The molecule has 1 amide bonds. The number of hydrogen-bond donors (Lipinski definition) is 1. The molecule has 5 nitrogen and oxygen atoms in total. The van der Waals surface area contributed by atoms with Crippen molar-refractivity contribution in [3.8, 4) is 0 Å². The molecule has 0 saturated heterocycles. The van der Waals surface area contributed by atoms with E-state index in [1.807, 2.05) is 30.3 Å². The molecule has 0 aliphatic heterocycles. The molecule has 3 rings (SSSR count). The minimum atomic E-state index is -0.451. The zero-order valence-electron chi connectivity index (χ0n) is 15.0. The van der Waals surface area contributed by atoms with Gasteiger partial charge in [-0.25, -0.2) is 0 Å². The number of ketones is 1. The van der Waals surface area contributed by atoms with Crippen molar-refractivity contribution in [1.82, 2.24) is 9.88 Å². The molecule has 0 radical (unpaired) electrons. The molecular weight excluding hydrogens is 328 g/mol. The molecule has 1 fully saturated rings. The van der Waals surface area contributed by atoms with Gasteiger partial charge in [0.05, 0.1) is 0 Å². The Bertz CT molecular complexity index is 851. The molecular formula is C21H24N2O3. The molecule has 0 spiro atoms. The van der Waals surface area contributed by atoms with Crippen molar-refractivity contribution in [2.24, 2.45) is 5.92 Å². The third-order valence-electron chi connectivity index (χ3n) is 4.76. The van der Waals surface area contributed by atoms with Crippen LogP contribution >= 0.6 is 0 Å². The first-order valence-electron chi connectivity index (χ1n) is 9.12. The van der Waals surface area contributed by atoms with Gasteiger partial charge in [0.1, 0.15) is 5.56 Å². The smallest absolute Gasteiger partial charge is 0.263 e. The highest BCUT2D eigenvalue weighted by molar-refractivity contribution is 6.00. The van der Waals surface area contributed by atoms with Crippen LogP contribution in [0.15, 0.2) is 47.4 Å². The van der Waals surface area contributed by atoms with Gasteiger partial charge < -0.3 is 9.88 Å². The first-order chi connectivity index (χ1) is 12.6. The van der Waals surface area contributed by atoms with E-state index in [9.17, 15) is 14.4 Å². The van der Waals surface area contributed by atoms with Gasteiger partial charge >= 0.3 is 0 Å². The molecule has 2 aromatic rings. The summed E-state index contributed by atoms with van der Waals surface area (Å²) in [5, 5.41) is 2.49. The minimum absolute atomic E-state index is 0.00876. The maximum Gasteiger partial charge on any atom is 0.263 e. The first kappa shape index (κ1) is 18.1. The normalized spacial score (nSPS) is 13.4. The summed E-state index contributed by atoms with van der Waals surface area (Å²) in [5.74, 6) is 0.0201. The van der Waals surface area contributed by atoms with E-state index in [4.69, 9.17) is 0 Å². The van der Waals surface area contributed by atoms with E-state index in [0.717, 1.165) is 25.7 Å². The van der Waals surface area contributed by atoms with Gasteiger partial charge in [-0.05, 0) is 43.2 Å². The van der Waals surface area contributed by atoms with Crippen molar-refractivity contribution in [3.05, 3.63) is 69.6 Å². The molecule has 5 heteroatoms. The molecule has 136 valence electrons. The van der Waals surface area contributed by atoms with Gasteiger partial charge in [-0.2, -0.15) is 0 Å². The van der Waals surface area contributed by atoms with Gasteiger partial charge in [-0.1, -0.05) is 30.3 Å². The topological polar surface area (TPSA) is 68.2 Å². The minimum Gasteiger partial charge on any atom is -0.355 e. The van der Waals surface area contributed by atoms with Crippen LogP contribution in [0.2, 0.25) is 0 Å². The molecule has 1 aromatic heterocycles. The number of aryl methyl sites for hydroxylation is 2. The monoisotopic (exact) mass is 352 g/mol. The second kappa shape index (κ2) is 8.13. The zero-order valence-corrected chi connectivity index (χ0v) is 15.0. The van der Waals surface area contributed by atoms with Crippen LogP contribution in [-0.2, 0) is 13.0 Å². The molecule has 1 aliphatic carbocycles. The van der Waals surface area contributed by atoms with Crippen molar-refractivity contribution in [2.75, 3.05) is 7.05 Å². The first-order valence-corrected chi connectivity index (χ1v) is 9.12. The number of aromatic nitrogens is 1. The number of hydrogen-bond acceptors (Lipinski definition) is 3. The Morgan fingerprint density at radius 3 is 2.58 bits per heavy atom. The van der Waals surface area contributed by atoms with Gasteiger partial charge in [0.25, 0.3) is 11.5 Å². The number of benzene rings is 1. The van der Waals surface area contributed by atoms with Crippen LogP contribution in [0, 0.1) is 5.92 Å². The molecule has 1 N–H and O–H groups in total. The maximum absolute atomic E-state index is 12.6. The quantitative estimate of drug-likeness (QED) is 0.743. The average molecular weight is 352 g/mol. The lowest BCUT2D eigenvalue weighted by Crippen LogP contribution is -2.32. The van der Waals surface area contributed by atoms with Crippen molar-refractivity contribution in [2.45, 2.75) is 38.6 Å². The fourth-order valence-electron chi connectivity index (χ4n) is 3.05. The summed E-state index contributed by atoms with van der Waals surface area (Å²) >= 11 is 0. The average Bonchev–Trinajstić information content (AvgIpc) is 3.47. The number of rotatable bonds is 8. The maximum atomic E-state index is 12.6. The van der Waals surface area contributed by atoms with E-state index in [0.29, 0.717) is 24.4 Å². The standard InChI is InChI=1S/C21H24N2O3/c1-22-20(25)18-13-17(19(24)12-16-9-10-16)14-23(21(18)26)11-5-8-15-6-3-2-4-7-15/h2-4,6-7,13-14,16H,5,8-12H2,1H3,(H,22,25). The number of carbonyl (C=O) groups excluding carboxylic acids is 2. The summed E-state index contributed by atoms with van der Waals surface area (Å²) in [6.45, 7) is 0.474. The van der Waals surface area contributed by atoms with Crippen LogP contribution in [-0.4, -0.2) is 23.3 Å². The Morgan fingerprint density at radius 2 is 1.92 bits per heavy atom. The number of nitrogens with zero attached hydrogens (tertiary/aromatic N) is 1. The van der Waals surface area contributed by atoms with Crippen molar-refractivity contribution in [1.29, 1.82) is 0 Å². The highest BCUT2D eigenvalue weighted by atomic mass is 16.2. The van der Waals surface area contributed by atoms with Crippen LogP contribution in [0.25, 0.3) is 0 Å². The summed E-state index contributed by atoms with van der Waals surface area (Å²) in [5.41, 5.74) is 1.34. The summed E-state index contributed by atoms with van der Waals surface area (Å²) < 4.78 is 1.51. The fourth-order valence-corrected chi connectivity index (χ4v) is 3.05. The molecule has 1 saturated carbocycles. The van der Waals surface area contributed by atoms with Gasteiger partial charge in [0.15, 0.2) is 5.78 Å². The molecule has 0 unspecified atom stereocenters. The molecule has 26 heavy (non-hydrogen) atoms. The Kier molecular flexibility index (Phi) is 5.66. The highest BCUT2D eigenvalue weighted by Gasteiger charge is 2.26. The second-order valence-electron chi connectivity index (χ2n) is 6.88. The van der Waals surface area contributed by atoms with Crippen LogP contribution in [0.3, 0.4) is 0 Å². The number of Topliss-reactive ketones (excluding diaryl/α,β-unsaturated/α-hetero) is 1. The third kappa shape index (κ3) is 4.48. The van der Waals surface area contributed by atoms with Crippen LogP contribution < -0.4 is 10.9 Å². The van der Waals surface area contributed by atoms with Crippen LogP contribution in [0.1, 0.15) is 52.0 Å². The predicted molar refractivity (Wildman–Crippen MR) is 101 cm³/mol. The van der Waals surface area contributed by atoms with Gasteiger partial charge in [-0.15, -0.1) is 0 Å². The Labute approximate surface area is 153 Å². The lowest BCUT2D eigenvalue weighted by molar-refractivity contribution is 0.0961. The molecule has 1 aromatic carbocycles. The molecule has 1 heterocycles. The largest absolute Gasteiger partial charge is 0.355 e. The van der Waals surface area contributed by atoms with Crippen molar-refractivity contribution < 1.29 is 9.59 Å². The SMILES string of the molecule is CNC(=O)c1cc(C(=O)CC2CC2)cn(CCCc2ccccc2)c1=O. The Morgan fingerprint density at radius 1 is 1.19 bits per heavy atom.